The zero-order chi connectivity index (χ0) is 29.7. The average molecular weight is 589 g/mol. The van der Waals surface area contributed by atoms with E-state index in [1.165, 1.54) is 18.9 Å². The van der Waals surface area contributed by atoms with Crippen LogP contribution in [0.2, 0.25) is 0 Å². The summed E-state index contributed by atoms with van der Waals surface area (Å²) in [6.45, 7) is 12.7. The summed E-state index contributed by atoms with van der Waals surface area (Å²) in [4.78, 5) is 22.8. The van der Waals surface area contributed by atoms with Crippen molar-refractivity contribution in [2.45, 2.75) is 52.2 Å². The lowest BCUT2D eigenvalue weighted by atomic mass is 9.90. The van der Waals surface area contributed by atoms with Crippen LogP contribution in [0.1, 0.15) is 44.1 Å². The summed E-state index contributed by atoms with van der Waals surface area (Å²) < 4.78 is 37.6. The number of aromatic nitrogens is 5. The maximum Gasteiger partial charge on any atom is 0.228 e. The van der Waals surface area contributed by atoms with Crippen LogP contribution in [0.3, 0.4) is 0 Å². The second kappa shape index (κ2) is 11.5. The molecular formula is C32H38F2N8O. The topological polar surface area (TPSA) is 84.2 Å². The predicted octanol–water partition coefficient (Wildman–Crippen LogP) is 5.34. The third kappa shape index (κ3) is 5.49. The number of piperidine rings is 1. The molecule has 0 amide bonds. The number of rotatable bonds is 7. The molecule has 3 fully saturated rings. The molecule has 5 heterocycles. The quantitative estimate of drug-likeness (QED) is 0.310. The number of halogens is 2. The number of anilines is 2. The molecule has 2 aliphatic heterocycles. The number of nitrogens with one attached hydrogen (secondary N) is 1. The molecule has 7 rings (SSSR count). The molecule has 2 saturated heterocycles. The van der Waals surface area contributed by atoms with Gasteiger partial charge in [-0.25, -0.2) is 28.7 Å². The third-order valence-electron chi connectivity index (χ3n) is 9.29. The first-order valence-corrected chi connectivity index (χ1v) is 15.3. The van der Waals surface area contributed by atoms with Crippen LogP contribution in [0.15, 0.2) is 36.8 Å². The number of morpholine rings is 1. The summed E-state index contributed by atoms with van der Waals surface area (Å²) in [7, 11) is 0. The third-order valence-corrected chi connectivity index (χ3v) is 9.29. The Hall–Kier alpha value is -3.54. The molecular weight excluding hydrogens is 550 g/mol. The number of ether oxygens (including phenoxy) is 1. The fourth-order valence-electron chi connectivity index (χ4n) is 7.57. The molecule has 1 saturated carbocycles. The summed E-state index contributed by atoms with van der Waals surface area (Å²) >= 11 is 0. The SMILES string of the molecule is Cc1nc2c(F)cc(-c3cc(Nc4ncc(CN5CC6CCC(C5)C6N5CCOCC5)cn4)ncc3F)cc2n1C(C)C. The van der Waals surface area contributed by atoms with Crippen LogP contribution >= 0.6 is 0 Å². The van der Waals surface area contributed by atoms with E-state index < -0.39 is 11.6 Å². The molecule has 1 aliphatic carbocycles. The number of pyridine rings is 1. The summed E-state index contributed by atoms with van der Waals surface area (Å²) in [5, 5.41) is 3.08. The molecule has 2 unspecified atom stereocenters. The molecule has 3 aromatic heterocycles. The Labute approximate surface area is 250 Å². The van der Waals surface area contributed by atoms with Gasteiger partial charge in [-0.2, -0.15) is 0 Å². The Morgan fingerprint density at radius 1 is 0.953 bits per heavy atom. The van der Waals surface area contributed by atoms with Gasteiger partial charge in [0.05, 0.1) is 24.9 Å². The molecule has 2 atom stereocenters. The number of likely N-dealkylation sites (tertiary alicyclic amines) is 1. The molecule has 3 aliphatic rings. The Bertz CT molecular complexity index is 1600. The molecule has 0 radical (unpaired) electrons. The highest BCUT2D eigenvalue weighted by Crippen LogP contribution is 2.40. The van der Waals surface area contributed by atoms with Gasteiger partial charge in [-0.15, -0.1) is 0 Å². The number of fused-ring (bicyclic) bond motifs is 3. The van der Waals surface area contributed by atoms with Gasteiger partial charge in [0.25, 0.3) is 0 Å². The lowest BCUT2D eigenvalue weighted by Gasteiger charge is -2.45. The van der Waals surface area contributed by atoms with E-state index in [0.29, 0.717) is 46.5 Å². The van der Waals surface area contributed by atoms with Crippen molar-refractivity contribution in [3.63, 3.8) is 0 Å². The Kier molecular flexibility index (Phi) is 7.56. The zero-order valence-corrected chi connectivity index (χ0v) is 24.9. The van der Waals surface area contributed by atoms with E-state index in [1.807, 2.05) is 37.7 Å². The minimum Gasteiger partial charge on any atom is -0.379 e. The number of benzene rings is 1. The van der Waals surface area contributed by atoms with E-state index in [1.54, 1.807) is 12.1 Å². The Morgan fingerprint density at radius 2 is 1.67 bits per heavy atom. The van der Waals surface area contributed by atoms with Gasteiger partial charge in [0.1, 0.15) is 23.0 Å². The molecule has 226 valence electrons. The van der Waals surface area contributed by atoms with Crippen molar-refractivity contribution in [3.05, 3.63) is 59.8 Å². The molecule has 1 aromatic carbocycles. The zero-order valence-electron chi connectivity index (χ0n) is 24.9. The van der Waals surface area contributed by atoms with Gasteiger partial charge in [0.15, 0.2) is 5.82 Å². The molecule has 1 N–H and O–H groups in total. The molecule has 0 spiro atoms. The normalized spacial score (nSPS) is 23.0. The van der Waals surface area contributed by atoms with Crippen molar-refractivity contribution in [2.24, 2.45) is 11.8 Å². The largest absolute Gasteiger partial charge is 0.379 e. The minimum atomic E-state index is -0.542. The predicted molar refractivity (Wildman–Crippen MR) is 161 cm³/mol. The molecule has 4 aromatic rings. The van der Waals surface area contributed by atoms with Crippen molar-refractivity contribution < 1.29 is 13.5 Å². The van der Waals surface area contributed by atoms with E-state index in [-0.39, 0.29) is 17.1 Å². The van der Waals surface area contributed by atoms with Gasteiger partial charge in [-0.3, -0.25) is 9.80 Å². The van der Waals surface area contributed by atoms with Gasteiger partial charge >= 0.3 is 0 Å². The number of aryl methyl sites for hydroxylation is 1. The second-order valence-corrected chi connectivity index (χ2v) is 12.5. The van der Waals surface area contributed by atoms with Crippen LogP contribution in [0.4, 0.5) is 20.5 Å². The smallest absolute Gasteiger partial charge is 0.228 e. The van der Waals surface area contributed by atoms with E-state index in [9.17, 15) is 4.39 Å². The van der Waals surface area contributed by atoms with E-state index >= 15 is 4.39 Å². The fourth-order valence-corrected chi connectivity index (χ4v) is 7.57. The number of imidazole rings is 1. The second-order valence-electron chi connectivity index (χ2n) is 12.5. The van der Waals surface area contributed by atoms with Crippen LogP contribution in [-0.4, -0.2) is 79.7 Å². The van der Waals surface area contributed by atoms with Gasteiger partial charge in [0.2, 0.25) is 5.95 Å². The number of hydrogen-bond donors (Lipinski definition) is 1. The van der Waals surface area contributed by atoms with Crippen molar-refractivity contribution in [3.8, 4) is 11.1 Å². The first-order chi connectivity index (χ1) is 20.8. The summed E-state index contributed by atoms with van der Waals surface area (Å²) in [6, 6.07) is 5.43. The van der Waals surface area contributed by atoms with Gasteiger partial charge in [-0.1, -0.05) is 0 Å². The van der Waals surface area contributed by atoms with Gasteiger partial charge < -0.3 is 14.6 Å². The van der Waals surface area contributed by atoms with Crippen molar-refractivity contribution >= 4 is 22.8 Å². The van der Waals surface area contributed by atoms with Crippen molar-refractivity contribution in [1.82, 2.24) is 34.3 Å². The van der Waals surface area contributed by atoms with Crippen molar-refractivity contribution in [2.75, 3.05) is 44.7 Å². The lowest BCUT2D eigenvalue weighted by molar-refractivity contribution is -0.0256. The molecule has 9 nitrogen and oxygen atoms in total. The first kappa shape index (κ1) is 28.2. The first-order valence-electron chi connectivity index (χ1n) is 15.3. The van der Waals surface area contributed by atoms with E-state index in [0.717, 1.165) is 57.7 Å². The van der Waals surface area contributed by atoms with Gasteiger partial charge in [-0.05, 0) is 69.2 Å². The van der Waals surface area contributed by atoms with Crippen LogP contribution in [0.5, 0.6) is 0 Å². The fraction of sp³-hybridized carbons (Fsp3) is 0.500. The summed E-state index contributed by atoms with van der Waals surface area (Å²) in [6.07, 6.45) is 7.42. The molecule has 43 heavy (non-hydrogen) atoms. The standard InChI is InChI=1S/C32H38F2N8O/c1-19(2)42-20(3)38-30-26(33)10-24(11-28(30)42)25-12-29(35-15-27(25)34)39-32-36-13-21(14-37-32)16-40-17-22-4-5-23(18-40)31(22)41-6-8-43-9-7-41/h10-15,19,22-23,31H,4-9,16-18H2,1-3H3,(H,35,36,37,39). The lowest BCUT2D eigenvalue weighted by Crippen LogP contribution is -2.55. The van der Waals surface area contributed by atoms with Crippen LogP contribution in [0.25, 0.3) is 22.2 Å². The average Bonchev–Trinajstić information content (AvgIpc) is 3.48. The Balaban J connectivity index is 1.04. The number of nitrogens with zero attached hydrogens (tertiary/aromatic N) is 7. The maximum atomic E-state index is 15.1. The summed E-state index contributed by atoms with van der Waals surface area (Å²) in [5.74, 6) is 1.85. The minimum absolute atomic E-state index is 0.0799. The van der Waals surface area contributed by atoms with Crippen LogP contribution in [0, 0.1) is 30.4 Å². The number of hydrogen-bond acceptors (Lipinski definition) is 8. The van der Waals surface area contributed by atoms with E-state index in [2.05, 4.69) is 35.1 Å². The van der Waals surface area contributed by atoms with Crippen LogP contribution < -0.4 is 5.32 Å². The van der Waals surface area contributed by atoms with Crippen LogP contribution in [-0.2, 0) is 11.3 Å². The molecule has 11 heteroatoms. The molecule has 2 bridgehead atoms. The van der Waals surface area contributed by atoms with Gasteiger partial charge in [0, 0.05) is 68.3 Å². The highest BCUT2D eigenvalue weighted by molar-refractivity contribution is 5.84. The maximum absolute atomic E-state index is 15.1. The highest BCUT2D eigenvalue weighted by atomic mass is 19.1. The van der Waals surface area contributed by atoms with Crippen molar-refractivity contribution in [1.29, 1.82) is 0 Å². The monoisotopic (exact) mass is 588 g/mol. The summed E-state index contributed by atoms with van der Waals surface area (Å²) in [5.41, 5.74) is 2.62. The Morgan fingerprint density at radius 3 is 2.37 bits per heavy atom. The van der Waals surface area contributed by atoms with E-state index in [4.69, 9.17) is 4.74 Å². The highest BCUT2D eigenvalue weighted by Gasteiger charge is 2.44.